The van der Waals surface area contributed by atoms with E-state index in [0.29, 0.717) is 6.04 Å². The molecule has 0 fully saturated rings. The van der Waals surface area contributed by atoms with Gasteiger partial charge in [0.05, 0.1) is 0 Å². The highest BCUT2D eigenvalue weighted by Crippen LogP contribution is 2.19. The molecule has 0 aliphatic heterocycles. The fourth-order valence-electron chi connectivity index (χ4n) is 2.79. The fourth-order valence-corrected chi connectivity index (χ4v) is 2.79. The minimum atomic E-state index is 0.543. The highest BCUT2D eigenvalue weighted by molar-refractivity contribution is 5.18. The predicted octanol–water partition coefficient (Wildman–Crippen LogP) is 6.11. The van der Waals surface area contributed by atoms with E-state index < -0.39 is 0 Å². The lowest BCUT2D eigenvalue weighted by Gasteiger charge is -2.19. The molecule has 0 spiro atoms. The van der Waals surface area contributed by atoms with Crippen LogP contribution in [0.1, 0.15) is 83.7 Å². The van der Waals surface area contributed by atoms with Gasteiger partial charge < -0.3 is 5.32 Å². The van der Waals surface area contributed by atoms with Crippen molar-refractivity contribution in [1.29, 1.82) is 0 Å². The maximum Gasteiger partial charge on any atom is 0.0320 e. The van der Waals surface area contributed by atoms with Crippen LogP contribution in [-0.4, -0.2) is 6.54 Å². The zero-order valence-corrected chi connectivity index (χ0v) is 14.4. The maximum absolute atomic E-state index is 3.77. The van der Waals surface area contributed by atoms with Crippen LogP contribution in [0.25, 0.3) is 0 Å². The number of hydrogen-bond donors (Lipinski definition) is 1. The minimum absolute atomic E-state index is 0.543. The Morgan fingerprint density at radius 3 is 2.24 bits per heavy atom. The van der Waals surface area contributed by atoms with E-state index >= 15 is 0 Å². The lowest BCUT2D eigenvalue weighted by atomic mass is 10.0. The smallest absolute Gasteiger partial charge is 0.0320 e. The van der Waals surface area contributed by atoms with Crippen molar-refractivity contribution in [2.24, 2.45) is 5.92 Å². The maximum atomic E-state index is 3.77. The second kappa shape index (κ2) is 11.8. The van der Waals surface area contributed by atoms with E-state index in [0.717, 1.165) is 12.5 Å². The molecule has 1 rings (SSSR count). The third-order valence-electron chi connectivity index (χ3n) is 4.15. The average Bonchev–Trinajstić information content (AvgIpc) is 2.50. The Kier molecular flexibility index (Phi) is 10.2. The van der Waals surface area contributed by atoms with Crippen LogP contribution in [0.2, 0.25) is 0 Å². The Morgan fingerprint density at radius 1 is 0.857 bits per heavy atom. The Hall–Kier alpha value is -0.820. The lowest BCUT2D eigenvalue weighted by Crippen LogP contribution is -2.22. The number of benzene rings is 1. The molecule has 1 heteroatoms. The molecule has 0 saturated carbocycles. The zero-order chi connectivity index (χ0) is 15.3. The van der Waals surface area contributed by atoms with Crippen LogP contribution in [-0.2, 0) is 0 Å². The van der Waals surface area contributed by atoms with Gasteiger partial charge in [0.25, 0.3) is 0 Å². The highest BCUT2D eigenvalue weighted by Gasteiger charge is 2.09. The van der Waals surface area contributed by atoms with E-state index in [2.05, 4.69) is 56.4 Å². The number of rotatable bonds is 12. The summed E-state index contributed by atoms with van der Waals surface area (Å²) in [5.74, 6) is 0.861. The van der Waals surface area contributed by atoms with Crippen molar-refractivity contribution in [2.75, 3.05) is 6.54 Å². The van der Waals surface area contributed by atoms with Gasteiger partial charge in [-0.05, 0) is 30.9 Å². The third-order valence-corrected chi connectivity index (χ3v) is 4.15. The lowest BCUT2D eigenvalue weighted by molar-refractivity contribution is 0.460. The van der Waals surface area contributed by atoms with Gasteiger partial charge >= 0.3 is 0 Å². The second-order valence-electron chi connectivity index (χ2n) is 6.66. The number of nitrogens with one attached hydrogen (secondary N) is 1. The molecule has 0 radical (unpaired) electrons. The van der Waals surface area contributed by atoms with Gasteiger partial charge in [-0.3, -0.25) is 0 Å². The second-order valence-corrected chi connectivity index (χ2v) is 6.66. The summed E-state index contributed by atoms with van der Waals surface area (Å²) >= 11 is 0. The van der Waals surface area contributed by atoms with Gasteiger partial charge in [0.1, 0.15) is 0 Å². The normalized spacial score (nSPS) is 12.8. The van der Waals surface area contributed by atoms with Gasteiger partial charge in [-0.15, -0.1) is 0 Å². The highest BCUT2D eigenvalue weighted by atomic mass is 14.9. The van der Waals surface area contributed by atoms with Gasteiger partial charge in [-0.1, -0.05) is 89.6 Å². The standard InChI is InChI=1S/C20H35N/c1-4-5-16-20(19-14-10-8-11-15-19)21-17-12-7-6-9-13-18(2)3/h8,10-11,14-15,18,20-21H,4-7,9,12-13,16-17H2,1-3H3. The summed E-state index contributed by atoms with van der Waals surface area (Å²) in [5, 5.41) is 3.77. The van der Waals surface area contributed by atoms with Crippen molar-refractivity contribution in [3.63, 3.8) is 0 Å². The summed E-state index contributed by atoms with van der Waals surface area (Å²) in [6, 6.07) is 11.5. The van der Waals surface area contributed by atoms with E-state index in [1.54, 1.807) is 0 Å². The molecule has 1 N–H and O–H groups in total. The van der Waals surface area contributed by atoms with E-state index in [-0.39, 0.29) is 0 Å². The van der Waals surface area contributed by atoms with Crippen molar-refractivity contribution in [2.45, 2.75) is 78.2 Å². The topological polar surface area (TPSA) is 12.0 Å². The first kappa shape index (κ1) is 18.2. The van der Waals surface area contributed by atoms with Crippen molar-refractivity contribution in [3.8, 4) is 0 Å². The molecule has 0 aromatic heterocycles. The molecule has 0 bridgehead atoms. The molecule has 0 heterocycles. The average molecular weight is 290 g/mol. The van der Waals surface area contributed by atoms with Gasteiger partial charge in [-0.25, -0.2) is 0 Å². The molecule has 0 amide bonds. The SMILES string of the molecule is CCCCC(NCCCCCCC(C)C)c1ccccc1. The van der Waals surface area contributed by atoms with E-state index in [9.17, 15) is 0 Å². The molecule has 1 atom stereocenters. The molecule has 1 aromatic rings. The van der Waals surface area contributed by atoms with Crippen LogP contribution >= 0.6 is 0 Å². The third kappa shape index (κ3) is 8.93. The zero-order valence-electron chi connectivity index (χ0n) is 14.4. The van der Waals surface area contributed by atoms with Crippen molar-refractivity contribution in [1.82, 2.24) is 5.32 Å². The first-order valence-electron chi connectivity index (χ1n) is 9.02. The first-order chi connectivity index (χ1) is 10.2. The van der Waals surface area contributed by atoms with Crippen LogP contribution in [0.3, 0.4) is 0 Å². The van der Waals surface area contributed by atoms with Crippen LogP contribution < -0.4 is 5.32 Å². The minimum Gasteiger partial charge on any atom is -0.310 e. The largest absolute Gasteiger partial charge is 0.310 e. The number of hydrogen-bond acceptors (Lipinski definition) is 1. The van der Waals surface area contributed by atoms with E-state index in [1.807, 2.05) is 0 Å². The summed E-state index contributed by atoms with van der Waals surface area (Å²) in [7, 11) is 0. The molecule has 1 nitrogen and oxygen atoms in total. The summed E-state index contributed by atoms with van der Waals surface area (Å²) in [6.45, 7) is 8.07. The van der Waals surface area contributed by atoms with Crippen LogP contribution in [0.15, 0.2) is 30.3 Å². The van der Waals surface area contributed by atoms with Crippen LogP contribution in [0.4, 0.5) is 0 Å². The molecule has 0 saturated heterocycles. The molecule has 1 aromatic carbocycles. The first-order valence-corrected chi connectivity index (χ1v) is 9.02. The molecule has 0 aliphatic rings. The van der Waals surface area contributed by atoms with Gasteiger partial charge in [0, 0.05) is 6.04 Å². The summed E-state index contributed by atoms with van der Waals surface area (Å²) in [6.07, 6.45) is 10.7. The quantitative estimate of drug-likeness (QED) is 0.457. The van der Waals surface area contributed by atoms with E-state index in [1.165, 1.54) is 56.9 Å². The molecular weight excluding hydrogens is 254 g/mol. The number of unbranched alkanes of at least 4 members (excludes halogenated alkanes) is 4. The van der Waals surface area contributed by atoms with E-state index in [4.69, 9.17) is 0 Å². The Morgan fingerprint density at radius 2 is 1.57 bits per heavy atom. The Labute approximate surface area is 132 Å². The summed E-state index contributed by atoms with van der Waals surface area (Å²) < 4.78 is 0. The summed E-state index contributed by atoms with van der Waals surface area (Å²) in [5.41, 5.74) is 1.45. The van der Waals surface area contributed by atoms with Crippen molar-refractivity contribution >= 4 is 0 Å². The van der Waals surface area contributed by atoms with Crippen LogP contribution in [0, 0.1) is 5.92 Å². The molecule has 1 unspecified atom stereocenters. The predicted molar refractivity (Wildman–Crippen MR) is 94.6 cm³/mol. The van der Waals surface area contributed by atoms with Gasteiger partial charge in [0.15, 0.2) is 0 Å². The van der Waals surface area contributed by atoms with Crippen molar-refractivity contribution in [3.05, 3.63) is 35.9 Å². The Bertz CT molecular complexity index is 331. The Balaban J connectivity index is 2.21. The van der Waals surface area contributed by atoms with Gasteiger partial charge in [0.2, 0.25) is 0 Å². The molecule has 21 heavy (non-hydrogen) atoms. The van der Waals surface area contributed by atoms with Crippen LogP contribution in [0.5, 0.6) is 0 Å². The fraction of sp³-hybridized carbons (Fsp3) is 0.700. The molecular formula is C20H35N. The molecule has 120 valence electrons. The molecule has 0 aliphatic carbocycles. The monoisotopic (exact) mass is 289 g/mol. The van der Waals surface area contributed by atoms with Crippen molar-refractivity contribution < 1.29 is 0 Å². The van der Waals surface area contributed by atoms with Gasteiger partial charge in [-0.2, -0.15) is 0 Å². The summed E-state index contributed by atoms with van der Waals surface area (Å²) in [4.78, 5) is 0.